The van der Waals surface area contributed by atoms with Gasteiger partial charge in [0.15, 0.2) is 0 Å². The van der Waals surface area contributed by atoms with Crippen LogP contribution in [0.2, 0.25) is 0 Å². The van der Waals surface area contributed by atoms with Gasteiger partial charge in [-0.25, -0.2) is 4.79 Å². The van der Waals surface area contributed by atoms with Crippen molar-refractivity contribution in [3.05, 3.63) is 40.9 Å². The summed E-state index contributed by atoms with van der Waals surface area (Å²) in [6.07, 6.45) is 2.22. The zero-order valence-electron chi connectivity index (χ0n) is 10.5. The van der Waals surface area contributed by atoms with Gasteiger partial charge in [0.25, 0.3) is 0 Å². The van der Waals surface area contributed by atoms with E-state index in [1.807, 2.05) is 35.2 Å². The van der Waals surface area contributed by atoms with Gasteiger partial charge in [-0.1, -0.05) is 28.1 Å². The first-order valence-corrected chi connectivity index (χ1v) is 7.27. The zero-order chi connectivity index (χ0) is 13.2. The number of carbonyl (C=O) groups is 1. The predicted octanol–water partition coefficient (Wildman–Crippen LogP) is 4.23. The van der Waals surface area contributed by atoms with Gasteiger partial charge in [0, 0.05) is 23.2 Å². The largest absolute Gasteiger partial charge is 0.325 e. The number of benzene rings is 2. The molecular weight excluding hydrogens is 304 g/mol. The molecule has 2 amide bonds. The van der Waals surface area contributed by atoms with E-state index in [4.69, 9.17) is 0 Å². The number of halogens is 1. The number of rotatable bonds is 1. The molecule has 0 radical (unpaired) electrons. The Morgan fingerprint density at radius 3 is 2.53 bits per heavy atom. The summed E-state index contributed by atoms with van der Waals surface area (Å²) in [4.78, 5) is 13.9. The fourth-order valence-corrected chi connectivity index (χ4v) is 2.80. The van der Waals surface area contributed by atoms with Crippen molar-refractivity contribution < 1.29 is 4.79 Å². The van der Waals surface area contributed by atoms with Crippen molar-refractivity contribution >= 4 is 38.4 Å². The quantitative estimate of drug-likeness (QED) is 0.838. The maximum Gasteiger partial charge on any atom is 0.321 e. The van der Waals surface area contributed by atoms with E-state index in [1.54, 1.807) is 0 Å². The van der Waals surface area contributed by atoms with Crippen molar-refractivity contribution in [3.8, 4) is 0 Å². The van der Waals surface area contributed by atoms with E-state index in [0.717, 1.165) is 46.9 Å². The van der Waals surface area contributed by atoms with Gasteiger partial charge in [0.2, 0.25) is 0 Å². The minimum absolute atomic E-state index is 0.00830. The Morgan fingerprint density at radius 2 is 1.74 bits per heavy atom. The van der Waals surface area contributed by atoms with E-state index in [0.29, 0.717) is 0 Å². The number of carbonyl (C=O) groups excluding carboxylic acids is 1. The van der Waals surface area contributed by atoms with Crippen molar-refractivity contribution in [2.24, 2.45) is 0 Å². The van der Waals surface area contributed by atoms with Crippen molar-refractivity contribution in [1.29, 1.82) is 0 Å². The lowest BCUT2D eigenvalue weighted by Gasteiger charge is -2.16. The maximum absolute atomic E-state index is 12.0. The lowest BCUT2D eigenvalue weighted by atomic mass is 10.1. The van der Waals surface area contributed by atoms with Gasteiger partial charge in [-0.2, -0.15) is 0 Å². The predicted molar refractivity (Wildman–Crippen MR) is 81.5 cm³/mol. The lowest BCUT2D eigenvalue weighted by molar-refractivity contribution is 0.222. The summed E-state index contributed by atoms with van der Waals surface area (Å²) in [7, 11) is 0. The number of hydrogen-bond donors (Lipinski definition) is 1. The Kier molecular flexibility index (Phi) is 3.42. The number of fused-ring (bicyclic) bond motifs is 1. The van der Waals surface area contributed by atoms with Gasteiger partial charge < -0.3 is 10.2 Å². The fourth-order valence-electron chi connectivity index (χ4n) is 2.42. The van der Waals surface area contributed by atoms with Crippen LogP contribution >= 0.6 is 15.9 Å². The summed E-state index contributed by atoms with van der Waals surface area (Å²) in [5.74, 6) is 0. The number of nitrogens with zero attached hydrogens (tertiary/aromatic N) is 1. The summed E-state index contributed by atoms with van der Waals surface area (Å²) in [5, 5.41) is 5.25. The number of urea groups is 1. The number of amides is 2. The summed E-state index contributed by atoms with van der Waals surface area (Å²) in [6.45, 7) is 1.73. The molecule has 0 saturated carbocycles. The van der Waals surface area contributed by atoms with Gasteiger partial charge in [-0.15, -0.1) is 0 Å². The third kappa shape index (κ3) is 2.73. The van der Waals surface area contributed by atoms with Crippen LogP contribution in [-0.2, 0) is 0 Å². The molecule has 2 aromatic carbocycles. The molecule has 0 aromatic heterocycles. The van der Waals surface area contributed by atoms with Crippen LogP contribution in [0.15, 0.2) is 40.9 Å². The highest BCUT2D eigenvalue weighted by Crippen LogP contribution is 2.23. The molecule has 0 aliphatic carbocycles. The molecule has 1 N–H and O–H groups in total. The first-order chi connectivity index (χ1) is 9.22. The highest BCUT2D eigenvalue weighted by molar-refractivity contribution is 9.10. The van der Waals surface area contributed by atoms with Crippen molar-refractivity contribution in [2.45, 2.75) is 12.8 Å². The number of anilines is 1. The van der Waals surface area contributed by atoms with Crippen LogP contribution in [-0.4, -0.2) is 24.0 Å². The van der Waals surface area contributed by atoms with Crippen LogP contribution in [0.5, 0.6) is 0 Å². The van der Waals surface area contributed by atoms with Gasteiger partial charge in [-0.3, -0.25) is 0 Å². The van der Waals surface area contributed by atoms with Crippen LogP contribution in [0.1, 0.15) is 12.8 Å². The highest BCUT2D eigenvalue weighted by atomic mass is 79.9. The minimum Gasteiger partial charge on any atom is -0.325 e. The molecule has 0 unspecified atom stereocenters. The van der Waals surface area contributed by atoms with E-state index in [9.17, 15) is 4.79 Å². The van der Waals surface area contributed by atoms with Crippen LogP contribution in [0.4, 0.5) is 10.5 Å². The van der Waals surface area contributed by atoms with E-state index in [-0.39, 0.29) is 6.03 Å². The number of likely N-dealkylation sites (tertiary alicyclic amines) is 1. The Bertz CT molecular complexity index is 621. The fraction of sp³-hybridized carbons (Fsp3) is 0.267. The summed E-state index contributed by atoms with van der Waals surface area (Å²) in [5.41, 5.74) is 0.853. The minimum atomic E-state index is 0.00830. The Balaban J connectivity index is 1.81. The Hall–Kier alpha value is -1.55. The second-order valence-electron chi connectivity index (χ2n) is 4.83. The van der Waals surface area contributed by atoms with Crippen molar-refractivity contribution in [2.75, 3.05) is 18.4 Å². The number of nitrogens with one attached hydrogen (secondary N) is 1. The smallest absolute Gasteiger partial charge is 0.321 e. The van der Waals surface area contributed by atoms with Crippen LogP contribution < -0.4 is 5.32 Å². The molecule has 4 heteroatoms. The standard InChI is InChI=1S/C15H15BrN2O/c16-13-5-3-12-10-14(6-4-11(12)9-13)17-15(19)18-7-1-2-8-18/h3-6,9-10H,1-2,7-8H2,(H,17,19). The third-order valence-electron chi connectivity index (χ3n) is 3.45. The Labute approximate surface area is 120 Å². The van der Waals surface area contributed by atoms with Crippen LogP contribution in [0.25, 0.3) is 10.8 Å². The number of hydrogen-bond acceptors (Lipinski definition) is 1. The second kappa shape index (κ2) is 5.21. The van der Waals surface area contributed by atoms with Gasteiger partial charge in [0.05, 0.1) is 0 Å². The molecule has 1 aliphatic rings. The average Bonchev–Trinajstić information content (AvgIpc) is 2.93. The molecule has 0 bridgehead atoms. The highest BCUT2D eigenvalue weighted by Gasteiger charge is 2.17. The molecule has 1 heterocycles. The molecule has 1 fully saturated rings. The lowest BCUT2D eigenvalue weighted by Crippen LogP contribution is -2.32. The van der Waals surface area contributed by atoms with Crippen LogP contribution in [0, 0.1) is 0 Å². The molecule has 3 nitrogen and oxygen atoms in total. The maximum atomic E-state index is 12.0. The second-order valence-corrected chi connectivity index (χ2v) is 5.75. The molecular formula is C15H15BrN2O. The van der Waals surface area contributed by atoms with E-state index in [1.165, 1.54) is 0 Å². The molecule has 0 spiro atoms. The molecule has 2 aromatic rings. The topological polar surface area (TPSA) is 32.3 Å². The molecule has 1 aliphatic heterocycles. The molecule has 3 rings (SSSR count). The van der Waals surface area contributed by atoms with Crippen LogP contribution in [0.3, 0.4) is 0 Å². The Morgan fingerprint density at radius 1 is 1.05 bits per heavy atom. The van der Waals surface area contributed by atoms with Crippen molar-refractivity contribution in [1.82, 2.24) is 4.90 Å². The summed E-state index contributed by atoms with van der Waals surface area (Å²) < 4.78 is 1.06. The molecule has 98 valence electrons. The average molecular weight is 319 g/mol. The molecule has 19 heavy (non-hydrogen) atoms. The SMILES string of the molecule is O=C(Nc1ccc2cc(Br)ccc2c1)N1CCCC1. The van der Waals surface area contributed by atoms with E-state index in [2.05, 4.69) is 27.3 Å². The van der Waals surface area contributed by atoms with Gasteiger partial charge in [-0.05, 0) is 47.9 Å². The van der Waals surface area contributed by atoms with Crippen molar-refractivity contribution in [3.63, 3.8) is 0 Å². The summed E-state index contributed by atoms with van der Waals surface area (Å²) >= 11 is 3.46. The van der Waals surface area contributed by atoms with Gasteiger partial charge in [0.1, 0.15) is 0 Å². The monoisotopic (exact) mass is 318 g/mol. The first kappa shape index (κ1) is 12.5. The van der Waals surface area contributed by atoms with E-state index < -0.39 is 0 Å². The third-order valence-corrected chi connectivity index (χ3v) is 3.94. The summed E-state index contributed by atoms with van der Waals surface area (Å²) in [6, 6.07) is 12.1. The van der Waals surface area contributed by atoms with E-state index >= 15 is 0 Å². The molecule has 0 atom stereocenters. The zero-order valence-corrected chi connectivity index (χ0v) is 12.1. The molecule has 1 saturated heterocycles. The first-order valence-electron chi connectivity index (χ1n) is 6.48. The van der Waals surface area contributed by atoms with Gasteiger partial charge >= 0.3 is 6.03 Å². The normalized spacial score (nSPS) is 14.9.